The summed E-state index contributed by atoms with van der Waals surface area (Å²) in [5.41, 5.74) is 0. The summed E-state index contributed by atoms with van der Waals surface area (Å²) in [5.74, 6) is 1.48. The van der Waals surface area contributed by atoms with E-state index in [9.17, 15) is 9.59 Å². The first kappa shape index (κ1) is 8.21. The fraction of sp³-hybridized carbons (Fsp3) is 0.667. The van der Waals surface area contributed by atoms with Gasteiger partial charge in [-0.1, -0.05) is 0 Å². The molecule has 0 saturated carbocycles. The molecule has 11 heavy (non-hydrogen) atoms. The van der Waals surface area contributed by atoms with Crippen molar-refractivity contribution in [3.8, 4) is 0 Å². The molecule has 0 aromatic rings. The largest absolute Gasteiger partial charge is 0.235 e. The van der Waals surface area contributed by atoms with Crippen molar-refractivity contribution in [3.63, 3.8) is 0 Å². The van der Waals surface area contributed by atoms with Crippen LogP contribution in [0.4, 0.5) is 0 Å². The Balaban J connectivity index is 2.64. The highest BCUT2D eigenvalue weighted by Gasteiger charge is 2.26. The van der Waals surface area contributed by atoms with Gasteiger partial charge in [-0.3, -0.25) is 0 Å². The Morgan fingerprint density at radius 3 is 1.91 bits per heavy atom. The summed E-state index contributed by atoms with van der Waals surface area (Å²) in [6.45, 7) is 0. The Kier molecular flexibility index (Phi) is 3.05. The number of aliphatic imine (C=N–C) groups is 2. The number of nitrogens with zero attached hydrogens (tertiary/aromatic N) is 2. The molecular weight excluding hydrogens is 164 g/mol. The van der Waals surface area contributed by atoms with Crippen molar-refractivity contribution in [2.24, 2.45) is 9.98 Å². The molecule has 1 rings (SSSR count). The van der Waals surface area contributed by atoms with Crippen molar-refractivity contribution < 1.29 is 9.59 Å². The van der Waals surface area contributed by atoms with Crippen molar-refractivity contribution in [1.29, 1.82) is 0 Å². The second-order valence-corrected chi connectivity index (χ2v) is 3.19. The summed E-state index contributed by atoms with van der Waals surface area (Å²) in [4.78, 5) is 26.8. The Hall–Kier alpha value is -0.890. The van der Waals surface area contributed by atoms with E-state index in [0.717, 1.165) is 11.5 Å². The summed E-state index contributed by atoms with van der Waals surface area (Å²) >= 11 is 1.62. The normalized spacial score (nSPS) is 28.7. The van der Waals surface area contributed by atoms with Crippen LogP contribution in [-0.2, 0) is 9.59 Å². The Morgan fingerprint density at radius 2 is 1.55 bits per heavy atom. The molecule has 1 aliphatic heterocycles. The first-order valence-electron chi connectivity index (χ1n) is 3.10. The standard InChI is InChI=1S/C6H6N2O2S/c9-3-7-5-1-11-2-6(5)8-4-10/h5-6H,1-2H2. The minimum Gasteiger partial charge on any atom is -0.211 e. The van der Waals surface area contributed by atoms with Crippen LogP contribution in [0.25, 0.3) is 0 Å². The number of carbonyl (C=O) groups excluding carboxylic acids is 2. The highest BCUT2D eigenvalue weighted by molar-refractivity contribution is 7.99. The molecule has 2 atom stereocenters. The maximum atomic E-state index is 9.87. The van der Waals surface area contributed by atoms with Crippen molar-refractivity contribution in [1.82, 2.24) is 0 Å². The smallest absolute Gasteiger partial charge is 0.211 e. The molecule has 0 amide bonds. The molecule has 5 heteroatoms. The molecule has 1 heterocycles. The minimum atomic E-state index is -0.168. The Labute approximate surface area is 67.8 Å². The number of rotatable bonds is 2. The first-order chi connectivity index (χ1) is 5.38. The fourth-order valence-electron chi connectivity index (χ4n) is 0.914. The van der Waals surface area contributed by atoms with E-state index in [4.69, 9.17) is 0 Å². The molecule has 0 aliphatic carbocycles. The topological polar surface area (TPSA) is 58.9 Å². The number of hydrogen-bond donors (Lipinski definition) is 0. The van der Waals surface area contributed by atoms with Crippen LogP contribution in [-0.4, -0.2) is 35.7 Å². The van der Waals surface area contributed by atoms with E-state index < -0.39 is 0 Å². The third-order valence-electron chi connectivity index (χ3n) is 1.46. The lowest BCUT2D eigenvalue weighted by atomic mass is 10.2. The third kappa shape index (κ3) is 2.02. The van der Waals surface area contributed by atoms with Crippen LogP contribution in [0.3, 0.4) is 0 Å². The van der Waals surface area contributed by atoms with Gasteiger partial charge in [0.15, 0.2) is 0 Å². The van der Waals surface area contributed by atoms with Crippen LogP contribution >= 0.6 is 11.8 Å². The number of thioether (sulfide) groups is 1. The SMILES string of the molecule is O=C=NC1CSCC1N=C=O. The van der Waals surface area contributed by atoms with E-state index in [1.165, 1.54) is 12.2 Å². The van der Waals surface area contributed by atoms with Gasteiger partial charge in [0.2, 0.25) is 12.2 Å². The number of hydrogen-bond acceptors (Lipinski definition) is 5. The molecule has 0 aromatic heterocycles. The minimum absolute atomic E-state index is 0.168. The average Bonchev–Trinajstić information content (AvgIpc) is 2.39. The molecule has 1 saturated heterocycles. The predicted molar refractivity (Wildman–Crippen MR) is 41.1 cm³/mol. The average molecular weight is 170 g/mol. The molecule has 1 fully saturated rings. The second kappa shape index (κ2) is 4.09. The summed E-state index contributed by atoms with van der Waals surface area (Å²) in [6.07, 6.45) is 2.94. The van der Waals surface area contributed by atoms with Crippen molar-refractivity contribution in [2.75, 3.05) is 11.5 Å². The van der Waals surface area contributed by atoms with Gasteiger partial charge >= 0.3 is 0 Å². The lowest BCUT2D eigenvalue weighted by molar-refractivity contribution is 0.544. The summed E-state index contributed by atoms with van der Waals surface area (Å²) in [5, 5.41) is 0. The Bertz CT molecular complexity index is 207. The molecule has 2 unspecified atom stereocenters. The molecule has 0 radical (unpaired) electrons. The van der Waals surface area contributed by atoms with Gasteiger partial charge in [0.1, 0.15) is 0 Å². The lowest BCUT2D eigenvalue weighted by Gasteiger charge is -2.03. The third-order valence-corrected chi connectivity index (χ3v) is 2.61. The maximum absolute atomic E-state index is 9.87. The van der Waals surface area contributed by atoms with Gasteiger partial charge in [0.25, 0.3) is 0 Å². The van der Waals surface area contributed by atoms with Crippen molar-refractivity contribution in [2.45, 2.75) is 12.1 Å². The van der Waals surface area contributed by atoms with Crippen LogP contribution in [0.15, 0.2) is 9.98 Å². The van der Waals surface area contributed by atoms with E-state index in [-0.39, 0.29) is 12.1 Å². The van der Waals surface area contributed by atoms with Gasteiger partial charge in [0, 0.05) is 11.5 Å². The Morgan fingerprint density at radius 1 is 1.09 bits per heavy atom. The van der Waals surface area contributed by atoms with Gasteiger partial charge in [-0.2, -0.15) is 21.7 Å². The molecule has 58 valence electrons. The van der Waals surface area contributed by atoms with E-state index in [2.05, 4.69) is 9.98 Å². The first-order valence-corrected chi connectivity index (χ1v) is 4.25. The van der Waals surface area contributed by atoms with Crippen LogP contribution in [0.1, 0.15) is 0 Å². The monoisotopic (exact) mass is 170 g/mol. The molecule has 4 nitrogen and oxygen atoms in total. The number of isocyanates is 2. The maximum Gasteiger partial charge on any atom is 0.235 e. The van der Waals surface area contributed by atoms with Gasteiger partial charge in [-0.15, -0.1) is 0 Å². The highest BCUT2D eigenvalue weighted by Crippen LogP contribution is 2.22. The molecule has 1 aliphatic rings. The summed E-state index contributed by atoms with van der Waals surface area (Å²) in [7, 11) is 0. The van der Waals surface area contributed by atoms with Crippen LogP contribution in [0, 0.1) is 0 Å². The molecule has 0 aromatic carbocycles. The highest BCUT2D eigenvalue weighted by atomic mass is 32.2. The zero-order chi connectivity index (χ0) is 8.10. The summed E-state index contributed by atoms with van der Waals surface area (Å²) in [6, 6.07) is -0.335. The summed E-state index contributed by atoms with van der Waals surface area (Å²) < 4.78 is 0. The van der Waals surface area contributed by atoms with E-state index in [1.807, 2.05) is 0 Å². The molecule has 0 bridgehead atoms. The van der Waals surface area contributed by atoms with Crippen LogP contribution in [0.2, 0.25) is 0 Å². The predicted octanol–water partition coefficient (Wildman–Crippen LogP) is 0.142. The van der Waals surface area contributed by atoms with Gasteiger partial charge < -0.3 is 0 Å². The van der Waals surface area contributed by atoms with Gasteiger partial charge in [-0.05, 0) is 0 Å². The molecule has 0 N–H and O–H groups in total. The molecule has 0 spiro atoms. The van der Waals surface area contributed by atoms with Crippen molar-refractivity contribution >= 4 is 23.9 Å². The van der Waals surface area contributed by atoms with E-state index in [1.54, 1.807) is 11.8 Å². The van der Waals surface area contributed by atoms with Gasteiger partial charge in [0.05, 0.1) is 12.1 Å². The van der Waals surface area contributed by atoms with Crippen LogP contribution < -0.4 is 0 Å². The zero-order valence-corrected chi connectivity index (χ0v) is 6.50. The van der Waals surface area contributed by atoms with Gasteiger partial charge in [-0.25, -0.2) is 9.59 Å². The quantitative estimate of drug-likeness (QED) is 0.437. The second-order valence-electron chi connectivity index (χ2n) is 2.11. The lowest BCUT2D eigenvalue weighted by Crippen LogP contribution is -2.19. The fourth-order valence-corrected chi connectivity index (χ4v) is 2.13. The zero-order valence-electron chi connectivity index (χ0n) is 5.69. The van der Waals surface area contributed by atoms with E-state index in [0.29, 0.717) is 0 Å². The van der Waals surface area contributed by atoms with Crippen LogP contribution in [0.5, 0.6) is 0 Å². The van der Waals surface area contributed by atoms with E-state index >= 15 is 0 Å². The van der Waals surface area contributed by atoms with Crippen molar-refractivity contribution in [3.05, 3.63) is 0 Å². The molecular formula is C6H6N2O2S.